The first-order chi connectivity index (χ1) is 8.39. The van der Waals surface area contributed by atoms with Crippen LogP contribution in [0.3, 0.4) is 0 Å². The lowest BCUT2D eigenvalue weighted by Crippen LogP contribution is -2.35. The summed E-state index contributed by atoms with van der Waals surface area (Å²) in [4.78, 5) is 0. The van der Waals surface area contributed by atoms with E-state index in [9.17, 15) is 13.5 Å². The van der Waals surface area contributed by atoms with Gasteiger partial charge >= 0.3 is 0 Å². The Labute approximate surface area is 109 Å². The van der Waals surface area contributed by atoms with Crippen molar-refractivity contribution >= 4 is 10.0 Å². The van der Waals surface area contributed by atoms with E-state index >= 15 is 0 Å². The highest BCUT2D eigenvalue weighted by Crippen LogP contribution is 2.03. The highest BCUT2D eigenvalue weighted by atomic mass is 32.2. The van der Waals surface area contributed by atoms with E-state index in [1.54, 1.807) is 0 Å². The average Bonchev–Trinajstić information content (AvgIpc) is 2.26. The maximum Gasteiger partial charge on any atom is 0.211 e. The van der Waals surface area contributed by atoms with Gasteiger partial charge in [-0.25, -0.2) is 13.1 Å². The van der Waals surface area contributed by atoms with Crippen LogP contribution in [0.1, 0.15) is 19.4 Å². The number of rotatable bonds is 7. The fourth-order valence-corrected chi connectivity index (χ4v) is 3.12. The van der Waals surface area contributed by atoms with Crippen LogP contribution in [-0.2, 0) is 16.4 Å². The van der Waals surface area contributed by atoms with Gasteiger partial charge in [-0.2, -0.15) is 0 Å². The van der Waals surface area contributed by atoms with Crippen LogP contribution in [0, 0.1) is 5.92 Å². The number of benzene rings is 1. The summed E-state index contributed by atoms with van der Waals surface area (Å²) in [5.41, 5.74) is 0.994. The Morgan fingerprint density at radius 1 is 1.22 bits per heavy atom. The first-order valence-corrected chi connectivity index (χ1v) is 7.73. The Morgan fingerprint density at radius 3 is 2.39 bits per heavy atom. The third-order valence-electron chi connectivity index (χ3n) is 2.41. The molecule has 0 fully saturated rings. The molecule has 0 aliphatic rings. The van der Waals surface area contributed by atoms with Crippen LogP contribution in [0.25, 0.3) is 0 Å². The van der Waals surface area contributed by atoms with Crippen LogP contribution in [0.15, 0.2) is 30.3 Å². The van der Waals surface area contributed by atoms with E-state index in [0.29, 0.717) is 6.42 Å². The maximum atomic E-state index is 11.6. The van der Waals surface area contributed by atoms with Crippen molar-refractivity contribution in [1.82, 2.24) is 4.72 Å². The second-order valence-corrected chi connectivity index (χ2v) is 6.72. The Balaban J connectivity index is 2.40. The minimum Gasteiger partial charge on any atom is -0.391 e. The summed E-state index contributed by atoms with van der Waals surface area (Å²) in [5, 5.41) is 9.77. The van der Waals surface area contributed by atoms with E-state index in [1.807, 2.05) is 44.2 Å². The highest BCUT2D eigenvalue weighted by molar-refractivity contribution is 7.89. The number of sulfonamides is 1. The van der Waals surface area contributed by atoms with E-state index in [0.717, 1.165) is 5.56 Å². The van der Waals surface area contributed by atoms with Crippen molar-refractivity contribution in [1.29, 1.82) is 0 Å². The molecule has 1 atom stereocenters. The molecule has 5 heteroatoms. The largest absolute Gasteiger partial charge is 0.391 e. The molecular formula is C13H21NO3S. The van der Waals surface area contributed by atoms with Gasteiger partial charge in [0, 0.05) is 6.54 Å². The lowest BCUT2D eigenvalue weighted by atomic mass is 10.1. The van der Waals surface area contributed by atoms with E-state index < -0.39 is 16.1 Å². The van der Waals surface area contributed by atoms with Crippen molar-refractivity contribution in [3.8, 4) is 0 Å². The fourth-order valence-electron chi connectivity index (χ4n) is 1.68. The van der Waals surface area contributed by atoms with Crippen LogP contribution < -0.4 is 4.72 Å². The van der Waals surface area contributed by atoms with Crippen molar-refractivity contribution < 1.29 is 13.5 Å². The molecule has 0 heterocycles. The van der Waals surface area contributed by atoms with Gasteiger partial charge in [-0.1, -0.05) is 44.2 Å². The molecule has 0 saturated heterocycles. The molecule has 0 aromatic heterocycles. The first-order valence-electron chi connectivity index (χ1n) is 6.08. The molecule has 0 amide bonds. The molecule has 0 aliphatic heterocycles. The minimum atomic E-state index is -3.28. The van der Waals surface area contributed by atoms with Crippen molar-refractivity contribution in [2.24, 2.45) is 5.92 Å². The number of aliphatic hydroxyl groups excluding tert-OH is 1. The van der Waals surface area contributed by atoms with Gasteiger partial charge in [0.25, 0.3) is 0 Å². The Morgan fingerprint density at radius 2 is 1.83 bits per heavy atom. The van der Waals surface area contributed by atoms with Gasteiger partial charge in [-0.05, 0) is 17.9 Å². The number of aliphatic hydroxyl groups is 1. The van der Waals surface area contributed by atoms with Gasteiger partial charge in [-0.3, -0.25) is 0 Å². The second-order valence-electron chi connectivity index (χ2n) is 4.87. The Hall–Kier alpha value is -0.910. The first kappa shape index (κ1) is 15.1. The van der Waals surface area contributed by atoms with Gasteiger partial charge in [0.2, 0.25) is 10.0 Å². The lowest BCUT2D eigenvalue weighted by molar-refractivity contribution is 0.179. The normalized spacial score (nSPS) is 13.8. The van der Waals surface area contributed by atoms with Gasteiger partial charge in [0.15, 0.2) is 0 Å². The van der Waals surface area contributed by atoms with Crippen molar-refractivity contribution in [2.45, 2.75) is 26.4 Å². The Bertz CT molecular complexity index is 443. The lowest BCUT2D eigenvalue weighted by Gasteiger charge is -2.13. The summed E-state index contributed by atoms with van der Waals surface area (Å²) in [7, 11) is -3.28. The predicted octanol–water partition coefficient (Wildman–Crippen LogP) is 1.17. The summed E-state index contributed by atoms with van der Waals surface area (Å²) >= 11 is 0. The van der Waals surface area contributed by atoms with Crippen LogP contribution in [0.2, 0.25) is 0 Å². The molecular weight excluding hydrogens is 250 g/mol. The summed E-state index contributed by atoms with van der Waals surface area (Å²) < 4.78 is 25.6. The second kappa shape index (κ2) is 6.87. The molecule has 1 aromatic rings. The molecule has 2 N–H and O–H groups in total. The van der Waals surface area contributed by atoms with Gasteiger partial charge in [-0.15, -0.1) is 0 Å². The molecule has 0 radical (unpaired) electrons. The zero-order chi connectivity index (χ0) is 13.6. The smallest absolute Gasteiger partial charge is 0.211 e. The van der Waals surface area contributed by atoms with Gasteiger partial charge in [0.05, 0.1) is 11.9 Å². The molecule has 0 bridgehead atoms. The van der Waals surface area contributed by atoms with Crippen LogP contribution >= 0.6 is 0 Å². The summed E-state index contributed by atoms with van der Waals surface area (Å²) in [5.74, 6) is 0.166. The molecule has 1 rings (SSSR count). The topological polar surface area (TPSA) is 66.4 Å². The molecule has 0 saturated carbocycles. The van der Waals surface area contributed by atoms with E-state index in [1.165, 1.54) is 0 Å². The molecule has 1 aromatic carbocycles. The van der Waals surface area contributed by atoms with Crippen molar-refractivity contribution in [2.75, 3.05) is 12.3 Å². The van der Waals surface area contributed by atoms with Crippen LogP contribution in [0.5, 0.6) is 0 Å². The molecule has 18 heavy (non-hydrogen) atoms. The third kappa shape index (κ3) is 6.14. The number of hydrogen-bond acceptors (Lipinski definition) is 3. The van der Waals surface area contributed by atoms with Crippen molar-refractivity contribution in [3.05, 3.63) is 35.9 Å². The van der Waals surface area contributed by atoms with Gasteiger partial charge < -0.3 is 5.11 Å². The molecule has 0 aliphatic carbocycles. The van der Waals surface area contributed by atoms with E-state index in [-0.39, 0.29) is 18.2 Å². The minimum absolute atomic E-state index is 0.0595. The predicted molar refractivity (Wildman–Crippen MR) is 72.8 cm³/mol. The highest BCUT2D eigenvalue weighted by Gasteiger charge is 2.14. The third-order valence-corrected chi connectivity index (χ3v) is 4.12. The van der Waals surface area contributed by atoms with Crippen LogP contribution in [-0.4, -0.2) is 31.9 Å². The molecule has 4 nitrogen and oxygen atoms in total. The fraction of sp³-hybridized carbons (Fsp3) is 0.538. The zero-order valence-electron chi connectivity index (χ0n) is 10.8. The summed E-state index contributed by atoms with van der Waals surface area (Å²) in [6, 6.07) is 9.51. The van der Waals surface area contributed by atoms with Gasteiger partial charge in [0.1, 0.15) is 0 Å². The molecule has 1 unspecified atom stereocenters. The standard InChI is InChI=1S/C13H21NO3S/c1-11(2)10-18(16,17)14-9-13(15)8-12-6-4-3-5-7-12/h3-7,11,13-15H,8-10H2,1-2H3. The molecule has 102 valence electrons. The Kier molecular flexibility index (Phi) is 5.78. The molecule has 0 spiro atoms. The summed E-state index contributed by atoms with van der Waals surface area (Å²) in [6.45, 7) is 3.75. The maximum absolute atomic E-state index is 11.6. The number of hydrogen-bond donors (Lipinski definition) is 2. The quantitative estimate of drug-likeness (QED) is 0.782. The van der Waals surface area contributed by atoms with Crippen molar-refractivity contribution in [3.63, 3.8) is 0 Å². The average molecular weight is 271 g/mol. The van der Waals surface area contributed by atoms with Crippen LogP contribution in [0.4, 0.5) is 0 Å². The number of nitrogens with one attached hydrogen (secondary N) is 1. The van der Waals surface area contributed by atoms with E-state index in [2.05, 4.69) is 4.72 Å². The SMILES string of the molecule is CC(C)CS(=O)(=O)NCC(O)Cc1ccccc1. The van der Waals surface area contributed by atoms with E-state index in [4.69, 9.17) is 0 Å². The zero-order valence-corrected chi connectivity index (χ0v) is 11.7. The summed E-state index contributed by atoms with van der Waals surface area (Å²) in [6.07, 6.45) is -0.250. The monoisotopic (exact) mass is 271 g/mol.